The van der Waals surface area contributed by atoms with Crippen molar-refractivity contribution in [2.45, 2.75) is 19.3 Å². The van der Waals surface area contributed by atoms with Gasteiger partial charge in [0.15, 0.2) is 0 Å². The van der Waals surface area contributed by atoms with E-state index in [-0.39, 0.29) is 0 Å². The Kier molecular flexibility index (Phi) is 1.88. The van der Waals surface area contributed by atoms with Crippen molar-refractivity contribution in [1.82, 2.24) is 0 Å². The molecule has 1 unspecified atom stereocenters. The van der Waals surface area contributed by atoms with Crippen molar-refractivity contribution >= 4 is 11.9 Å². The zero-order valence-electron chi connectivity index (χ0n) is 5.46. The van der Waals surface area contributed by atoms with Crippen LogP contribution >= 0.6 is 0 Å². The molecule has 1 fully saturated rings. The Morgan fingerprint density at radius 1 is 1.70 bits per heavy atom. The first-order valence-corrected chi connectivity index (χ1v) is 3.22. The number of aliphatic carboxylic acids is 1. The number of rotatable bonds is 1. The average Bonchev–Trinajstić information content (AvgIpc) is 2.33. The highest BCUT2D eigenvalue weighted by Crippen LogP contribution is 2.28. The minimum atomic E-state index is -0.893. The summed E-state index contributed by atoms with van der Waals surface area (Å²) in [6.45, 7) is 0. The smallest absolute Gasteiger partial charge is 0.311 e. The first kappa shape index (κ1) is 7.03. The van der Waals surface area contributed by atoms with Crippen molar-refractivity contribution < 1.29 is 14.7 Å². The highest BCUT2D eigenvalue weighted by Gasteiger charge is 2.27. The Morgan fingerprint density at radius 2 is 2.40 bits per heavy atom. The molecule has 3 heteroatoms. The van der Waals surface area contributed by atoms with E-state index in [1.165, 1.54) is 0 Å². The number of carbonyl (C=O) groups is 1. The summed E-state index contributed by atoms with van der Waals surface area (Å²) in [7, 11) is 0. The SMILES string of the molecule is O=C=C1CCCC1C(=O)O. The van der Waals surface area contributed by atoms with Gasteiger partial charge in [-0.1, -0.05) is 0 Å². The van der Waals surface area contributed by atoms with Gasteiger partial charge in [-0.25, -0.2) is 4.79 Å². The van der Waals surface area contributed by atoms with E-state index in [1.807, 2.05) is 0 Å². The van der Waals surface area contributed by atoms with Crippen LogP contribution in [0, 0.1) is 5.92 Å². The maximum atomic E-state index is 10.4. The van der Waals surface area contributed by atoms with Crippen LogP contribution < -0.4 is 0 Å². The quantitative estimate of drug-likeness (QED) is 0.543. The minimum absolute atomic E-state index is 0.424. The second-order valence-corrected chi connectivity index (χ2v) is 2.41. The van der Waals surface area contributed by atoms with Crippen LogP contribution in [0.2, 0.25) is 0 Å². The lowest BCUT2D eigenvalue weighted by molar-refractivity contribution is -0.140. The average molecular weight is 140 g/mol. The molecule has 0 aliphatic heterocycles. The lowest BCUT2D eigenvalue weighted by Gasteiger charge is -1.99. The van der Waals surface area contributed by atoms with Gasteiger partial charge in [0.25, 0.3) is 0 Å². The molecule has 3 nitrogen and oxygen atoms in total. The van der Waals surface area contributed by atoms with E-state index >= 15 is 0 Å². The summed E-state index contributed by atoms with van der Waals surface area (Å²) in [6, 6.07) is 0. The van der Waals surface area contributed by atoms with Crippen LogP contribution in [0.15, 0.2) is 5.57 Å². The Labute approximate surface area is 58.4 Å². The van der Waals surface area contributed by atoms with Crippen LogP contribution in [0.1, 0.15) is 19.3 Å². The number of carbonyl (C=O) groups excluding carboxylic acids is 1. The van der Waals surface area contributed by atoms with Gasteiger partial charge in [-0.15, -0.1) is 0 Å². The van der Waals surface area contributed by atoms with Gasteiger partial charge in [-0.3, -0.25) is 4.79 Å². The molecule has 0 heterocycles. The number of hydrogen-bond acceptors (Lipinski definition) is 2. The fraction of sp³-hybridized carbons (Fsp3) is 0.571. The van der Waals surface area contributed by atoms with Gasteiger partial charge >= 0.3 is 5.97 Å². The maximum absolute atomic E-state index is 10.4. The molecule has 0 radical (unpaired) electrons. The van der Waals surface area contributed by atoms with Crippen molar-refractivity contribution in [2.75, 3.05) is 0 Å². The predicted octanol–water partition coefficient (Wildman–Crippen LogP) is 0.629. The Bertz CT molecular complexity index is 201. The second-order valence-electron chi connectivity index (χ2n) is 2.41. The molecular formula is C7H8O3. The molecule has 0 spiro atoms. The Morgan fingerprint density at radius 3 is 2.80 bits per heavy atom. The number of carboxylic acid groups (broad SMARTS) is 1. The summed E-state index contributed by atoms with van der Waals surface area (Å²) in [4.78, 5) is 20.5. The van der Waals surface area contributed by atoms with E-state index in [4.69, 9.17) is 5.11 Å². The molecule has 0 amide bonds. The normalized spacial score (nSPS) is 24.4. The number of hydrogen-bond donors (Lipinski definition) is 1. The molecule has 0 saturated heterocycles. The molecule has 1 N–H and O–H groups in total. The van der Waals surface area contributed by atoms with Crippen LogP contribution in [-0.4, -0.2) is 17.0 Å². The number of carboxylic acids is 1. The zero-order chi connectivity index (χ0) is 7.56. The van der Waals surface area contributed by atoms with E-state index in [9.17, 15) is 9.59 Å². The van der Waals surface area contributed by atoms with Crippen molar-refractivity contribution in [2.24, 2.45) is 5.92 Å². The van der Waals surface area contributed by atoms with Crippen molar-refractivity contribution in [3.63, 3.8) is 0 Å². The van der Waals surface area contributed by atoms with Crippen molar-refractivity contribution in [3.05, 3.63) is 5.57 Å². The molecule has 0 bridgehead atoms. The van der Waals surface area contributed by atoms with E-state index in [0.717, 1.165) is 6.42 Å². The molecule has 0 aromatic heterocycles. The van der Waals surface area contributed by atoms with Crippen molar-refractivity contribution in [3.8, 4) is 0 Å². The van der Waals surface area contributed by atoms with Crippen LogP contribution in [0.4, 0.5) is 0 Å². The lowest BCUT2D eigenvalue weighted by atomic mass is 10.1. The molecule has 1 aliphatic carbocycles. The summed E-state index contributed by atoms with van der Waals surface area (Å²) in [5.74, 6) is 0.244. The summed E-state index contributed by atoms with van der Waals surface area (Å²) < 4.78 is 0. The topological polar surface area (TPSA) is 54.4 Å². The summed E-state index contributed by atoms with van der Waals surface area (Å²) in [5.41, 5.74) is 0.424. The highest BCUT2D eigenvalue weighted by molar-refractivity contribution is 5.78. The van der Waals surface area contributed by atoms with Gasteiger partial charge < -0.3 is 5.11 Å². The van der Waals surface area contributed by atoms with E-state index in [2.05, 4.69) is 0 Å². The van der Waals surface area contributed by atoms with E-state index < -0.39 is 11.9 Å². The largest absolute Gasteiger partial charge is 0.481 e. The fourth-order valence-electron chi connectivity index (χ4n) is 1.24. The van der Waals surface area contributed by atoms with Crippen LogP contribution in [0.25, 0.3) is 0 Å². The van der Waals surface area contributed by atoms with Gasteiger partial charge in [0, 0.05) is 5.57 Å². The molecule has 54 valence electrons. The zero-order valence-corrected chi connectivity index (χ0v) is 5.46. The predicted molar refractivity (Wildman–Crippen MR) is 34.2 cm³/mol. The monoisotopic (exact) mass is 140 g/mol. The van der Waals surface area contributed by atoms with Crippen LogP contribution in [-0.2, 0) is 9.59 Å². The van der Waals surface area contributed by atoms with Gasteiger partial charge in [-0.05, 0) is 19.3 Å². The lowest BCUT2D eigenvalue weighted by Crippen LogP contribution is -2.11. The van der Waals surface area contributed by atoms with Crippen LogP contribution in [0.5, 0.6) is 0 Å². The first-order valence-electron chi connectivity index (χ1n) is 3.22. The van der Waals surface area contributed by atoms with Crippen molar-refractivity contribution in [1.29, 1.82) is 0 Å². The second kappa shape index (κ2) is 2.67. The Hall–Kier alpha value is -1.08. The molecule has 10 heavy (non-hydrogen) atoms. The summed E-state index contributed by atoms with van der Waals surface area (Å²) in [6.07, 6.45) is 2.02. The summed E-state index contributed by atoms with van der Waals surface area (Å²) in [5, 5.41) is 8.52. The standard InChI is InChI=1S/C7H8O3/c8-4-5-2-1-3-6(5)7(9)10/h6H,1-3H2,(H,9,10). The third-order valence-electron chi connectivity index (χ3n) is 1.79. The third-order valence-corrected chi connectivity index (χ3v) is 1.79. The van der Waals surface area contributed by atoms with E-state index in [1.54, 1.807) is 5.94 Å². The molecule has 1 rings (SSSR count). The maximum Gasteiger partial charge on any atom is 0.311 e. The molecule has 0 aromatic rings. The van der Waals surface area contributed by atoms with Gasteiger partial charge in [0.2, 0.25) is 0 Å². The molecular weight excluding hydrogens is 132 g/mol. The fourth-order valence-corrected chi connectivity index (χ4v) is 1.24. The molecule has 1 saturated carbocycles. The van der Waals surface area contributed by atoms with Gasteiger partial charge in [0.05, 0.1) is 5.92 Å². The van der Waals surface area contributed by atoms with Gasteiger partial charge in [-0.2, -0.15) is 0 Å². The summed E-state index contributed by atoms with van der Waals surface area (Å²) >= 11 is 0. The minimum Gasteiger partial charge on any atom is -0.481 e. The van der Waals surface area contributed by atoms with E-state index in [0.29, 0.717) is 18.4 Å². The molecule has 1 aliphatic rings. The van der Waals surface area contributed by atoms with Gasteiger partial charge in [0.1, 0.15) is 5.94 Å². The third kappa shape index (κ3) is 1.09. The van der Waals surface area contributed by atoms with Crippen LogP contribution in [0.3, 0.4) is 0 Å². The first-order chi connectivity index (χ1) is 4.75. The Balaban J connectivity index is 2.78. The molecule has 1 atom stereocenters. The highest BCUT2D eigenvalue weighted by atomic mass is 16.4. The molecule has 0 aromatic carbocycles.